The van der Waals surface area contributed by atoms with E-state index in [1.807, 2.05) is 25.1 Å². The van der Waals surface area contributed by atoms with Crippen LogP contribution < -0.4 is 54.4 Å². The molecule has 2 aliphatic heterocycles. The summed E-state index contributed by atoms with van der Waals surface area (Å²) in [5.74, 6) is -8.46. The monoisotopic (exact) mass is 1140 g/mol. The molecule has 9 amide bonds. The molecule has 22 nitrogen and oxygen atoms in total. The topological polar surface area (TPSA) is 347 Å². The van der Waals surface area contributed by atoms with Crippen LogP contribution in [-0.4, -0.2) is 131 Å². The molecule has 2 aliphatic rings. The Hall–Kier alpha value is -8.51. The number of halogens is 3. The number of aliphatic imine (C=N–C) groups is 1. The van der Waals surface area contributed by atoms with Crippen molar-refractivity contribution in [3.05, 3.63) is 107 Å². The second-order valence-electron chi connectivity index (χ2n) is 20.7. The van der Waals surface area contributed by atoms with Gasteiger partial charge in [-0.05, 0) is 73.4 Å². The molecule has 2 fully saturated rings. The summed E-state index contributed by atoms with van der Waals surface area (Å²) >= 11 is 0. The first kappa shape index (κ1) is 62.7. The van der Waals surface area contributed by atoms with E-state index >= 15 is 9.59 Å². The van der Waals surface area contributed by atoms with Crippen LogP contribution in [0, 0.1) is 0 Å². The molecular weight excluding hydrogens is 1070 g/mol. The largest absolute Gasteiger partial charge is 0.416 e. The maximum atomic E-state index is 15.3. The highest BCUT2D eigenvalue weighted by Crippen LogP contribution is 2.37. The fraction of sp³-hybridized carbons (Fsp3) is 0.474. The Balaban J connectivity index is 1.44. The van der Waals surface area contributed by atoms with Gasteiger partial charge in [0.2, 0.25) is 53.2 Å². The van der Waals surface area contributed by atoms with Crippen LogP contribution in [0.15, 0.2) is 90.1 Å². The number of alkyl halides is 3. The lowest BCUT2D eigenvalue weighted by Gasteiger charge is -2.33. The Bertz CT molecular complexity index is 2920. The van der Waals surface area contributed by atoms with E-state index in [2.05, 4.69) is 47.2 Å². The fourth-order valence-corrected chi connectivity index (χ4v) is 10.3. The predicted molar refractivity (Wildman–Crippen MR) is 298 cm³/mol. The number of benzene rings is 3. The maximum absolute atomic E-state index is 15.3. The van der Waals surface area contributed by atoms with Crippen molar-refractivity contribution in [2.45, 2.75) is 152 Å². The predicted octanol–water partition coefficient (Wildman–Crippen LogP) is 2.09. The van der Waals surface area contributed by atoms with Crippen molar-refractivity contribution in [2.75, 3.05) is 19.6 Å². The number of H-pyrrole nitrogens is 1. The number of nitrogens with one attached hydrogen (secondary N) is 8. The highest BCUT2D eigenvalue weighted by molar-refractivity contribution is 5.99. The molecule has 4 aromatic rings. The zero-order chi connectivity index (χ0) is 59.5. The second kappa shape index (κ2) is 29.8. The second-order valence-corrected chi connectivity index (χ2v) is 20.7. The van der Waals surface area contributed by atoms with Gasteiger partial charge < -0.3 is 64.3 Å². The number of unbranched alkanes of at least 4 members (excludes halogenated alkanes) is 1. The van der Waals surface area contributed by atoms with Crippen LogP contribution in [0.25, 0.3) is 10.9 Å². The minimum atomic E-state index is -4.71. The Kier molecular flexibility index (Phi) is 22.8. The summed E-state index contributed by atoms with van der Waals surface area (Å²) in [7, 11) is 0. The zero-order valence-electron chi connectivity index (χ0n) is 46.0. The molecule has 0 saturated carbocycles. The SMILES string of the molecule is CCCC[C@H](NC(C)=O)C(=O)N[C@@H]1CC(=O)NCCCCC[C@@H](C(N)=O)NC(=O)[C@H](Cc2c[nH]c3ccccc23)NC(=O)[C@H](CCCN=C(N)N)NC(=O)[C@@H](Cc2ccccc2)NC(=O)[C@H]2[C@@H](c3ccc(C(F)(F)F)cc3)CCN2C1=O. The van der Waals surface area contributed by atoms with Crippen molar-refractivity contribution >= 4 is 70.0 Å². The number of aromatic nitrogens is 1. The van der Waals surface area contributed by atoms with Crippen molar-refractivity contribution in [1.29, 1.82) is 0 Å². The van der Waals surface area contributed by atoms with Gasteiger partial charge in [-0.2, -0.15) is 13.2 Å². The van der Waals surface area contributed by atoms with Crippen LogP contribution in [0.3, 0.4) is 0 Å². The number of rotatable bonds is 16. The number of aromatic amines is 1. The van der Waals surface area contributed by atoms with Gasteiger partial charge in [0.05, 0.1) is 12.0 Å². The number of carbonyl (C=O) groups is 9. The van der Waals surface area contributed by atoms with E-state index in [1.54, 1.807) is 42.6 Å². The van der Waals surface area contributed by atoms with Crippen LogP contribution in [0.2, 0.25) is 0 Å². The minimum Gasteiger partial charge on any atom is -0.370 e. The van der Waals surface area contributed by atoms with Gasteiger partial charge in [-0.3, -0.25) is 48.1 Å². The number of para-hydroxylation sites is 1. The lowest BCUT2D eigenvalue weighted by atomic mass is 9.90. The third-order valence-corrected chi connectivity index (χ3v) is 14.5. The van der Waals surface area contributed by atoms with Crippen molar-refractivity contribution in [3.8, 4) is 0 Å². The number of carbonyl (C=O) groups excluding carboxylic acids is 9. The van der Waals surface area contributed by atoms with Gasteiger partial charge in [0.1, 0.15) is 42.3 Å². The first-order valence-electron chi connectivity index (χ1n) is 27.6. The molecular formula is C57H74F3N13O9. The van der Waals surface area contributed by atoms with E-state index in [9.17, 15) is 46.7 Å². The summed E-state index contributed by atoms with van der Waals surface area (Å²) in [6.07, 6.45) is -1.49. The fourth-order valence-electron chi connectivity index (χ4n) is 10.3. The van der Waals surface area contributed by atoms with Crippen molar-refractivity contribution < 1.29 is 56.3 Å². The van der Waals surface area contributed by atoms with Crippen LogP contribution in [-0.2, 0) is 62.2 Å². The molecule has 0 spiro atoms. The molecule has 6 rings (SSSR count). The van der Waals surface area contributed by atoms with E-state index in [0.717, 1.165) is 27.9 Å². The van der Waals surface area contributed by atoms with E-state index in [4.69, 9.17) is 17.2 Å². The van der Waals surface area contributed by atoms with Crippen molar-refractivity contribution in [3.63, 3.8) is 0 Å². The summed E-state index contributed by atoms with van der Waals surface area (Å²) in [5.41, 5.74) is 18.2. The molecule has 0 aliphatic carbocycles. The molecule has 8 atom stereocenters. The Morgan fingerprint density at radius 2 is 1.43 bits per heavy atom. The van der Waals surface area contributed by atoms with Gasteiger partial charge in [0.25, 0.3) is 0 Å². The van der Waals surface area contributed by atoms with Crippen LogP contribution in [0.5, 0.6) is 0 Å². The Morgan fingerprint density at radius 1 is 0.768 bits per heavy atom. The summed E-state index contributed by atoms with van der Waals surface area (Å²) < 4.78 is 41.7. The number of nitrogens with zero attached hydrogens (tertiary/aromatic N) is 2. The van der Waals surface area contributed by atoms with Gasteiger partial charge in [-0.1, -0.05) is 93.3 Å². The normalized spacial score (nSPS) is 22.5. The van der Waals surface area contributed by atoms with E-state index in [1.165, 1.54) is 19.1 Å². The molecule has 0 bridgehead atoms. The van der Waals surface area contributed by atoms with Crippen molar-refractivity contribution in [1.82, 2.24) is 47.1 Å². The van der Waals surface area contributed by atoms with Crippen LogP contribution >= 0.6 is 0 Å². The molecule has 82 heavy (non-hydrogen) atoms. The quantitative estimate of drug-likeness (QED) is 0.0438. The van der Waals surface area contributed by atoms with Gasteiger partial charge in [0, 0.05) is 62.4 Å². The molecule has 442 valence electrons. The van der Waals surface area contributed by atoms with Gasteiger partial charge >= 0.3 is 6.18 Å². The highest BCUT2D eigenvalue weighted by Gasteiger charge is 2.46. The first-order chi connectivity index (χ1) is 39.1. The van der Waals surface area contributed by atoms with E-state index in [0.29, 0.717) is 43.2 Å². The number of guanidine groups is 1. The molecule has 3 aromatic carbocycles. The number of amides is 9. The molecule has 1 aromatic heterocycles. The maximum Gasteiger partial charge on any atom is 0.416 e. The number of primary amides is 1. The average molecular weight is 1140 g/mol. The van der Waals surface area contributed by atoms with Crippen LogP contribution in [0.1, 0.15) is 113 Å². The van der Waals surface area contributed by atoms with Gasteiger partial charge in [-0.25, -0.2) is 0 Å². The molecule has 0 unspecified atom stereocenters. The number of hydrogen-bond acceptors (Lipinski definition) is 10. The van der Waals surface area contributed by atoms with Gasteiger partial charge in [0.15, 0.2) is 5.96 Å². The number of fused-ring (bicyclic) bond motifs is 2. The summed E-state index contributed by atoms with van der Waals surface area (Å²) in [5, 5.41) is 19.7. The summed E-state index contributed by atoms with van der Waals surface area (Å²) in [6.45, 7) is 2.97. The third-order valence-electron chi connectivity index (χ3n) is 14.5. The minimum absolute atomic E-state index is 0.00453. The molecule has 0 radical (unpaired) electrons. The Morgan fingerprint density at radius 3 is 2.11 bits per heavy atom. The van der Waals surface area contributed by atoms with E-state index < -0.39 is 120 Å². The van der Waals surface area contributed by atoms with Gasteiger partial charge in [-0.15, -0.1) is 0 Å². The summed E-state index contributed by atoms with van der Waals surface area (Å²) in [6, 6.07) is 9.95. The van der Waals surface area contributed by atoms with E-state index in [-0.39, 0.29) is 76.1 Å². The standard InChI is InChI=1S/C57H74F3N13O9/c1-3-4-17-42(67-33(2)74)50(77)72-46-31-47(75)64-26-12-6-9-19-41(49(61)76)68-53(80)45(30-36-32-66-40-18-11-10-16-38(36)40)70-51(78)43(20-13-27-65-56(62)63)69-52(79)44(29-34-14-7-5-8-15-34)71-54(81)48-39(25-28-73(48)55(46)82)35-21-23-37(24-22-35)57(58,59)60/h5,7-8,10-11,14-16,18,21-24,32,39,41-46,48,66H,3-4,6,9,12-13,17,19-20,25-31H2,1-2H3,(H2,61,76)(H,64,75)(H,67,74)(H,68,80)(H,69,79)(H,70,78)(H,71,81)(H,72,77)(H4,62,63,65)/t39-,41+,42+,43+,44-,45+,46-,48-/m1/s1. The zero-order valence-corrected chi connectivity index (χ0v) is 46.0. The molecule has 14 N–H and O–H groups in total. The summed E-state index contributed by atoms with van der Waals surface area (Å²) in [4.78, 5) is 136. The van der Waals surface area contributed by atoms with Crippen LogP contribution in [0.4, 0.5) is 13.2 Å². The third kappa shape index (κ3) is 18.0. The average Bonchev–Trinajstić information content (AvgIpc) is 4.26. The first-order valence-corrected chi connectivity index (χ1v) is 27.6. The number of hydrogen-bond donors (Lipinski definition) is 11. The number of nitrogens with two attached hydrogens (primary N) is 3. The molecule has 2 saturated heterocycles. The lowest BCUT2D eigenvalue weighted by Crippen LogP contribution is -2.61. The Labute approximate surface area is 472 Å². The highest BCUT2D eigenvalue weighted by atomic mass is 19.4. The molecule has 25 heteroatoms. The molecule has 3 heterocycles. The lowest BCUT2D eigenvalue weighted by molar-refractivity contribution is -0.144. The van der Waals surface area contributed by atoms with Crippen molar-refractivity contribution in [2.24, 2.45) is 22.2 Å². The smallest absolute Gasteiger partial charge is 0.370 e.